The van der Waals surface area contributed by atoms with Crippen LogP contribution in [0.2, 0.25) is 0 Å². The van der Waals surface area contributed by atoms with Crippen molar-refractivity contribution in [1.82, 2.24) is 19.5 Å². The van der Waals surface area contributed by atoms with Crippen molar-refractivity contribution in [2.24, 2.45) is 0 Å². The Hall–Kier alpha value is -2.92. The smallest absolute Gasteiger partial charge is 0.385 e. The van der Waals surface area contributed by atoms with Gasteiger partial charge in [-0.15, -0.1) is 0 Å². The molecule has 0 amide bonds. The molecule has 1 aliphatic heterocycles. The van der Waals surface area contributed by atoms with Crippen LogP contribution in [0, 0.1) is 6.08 Å². The van der Waals surface area contributed by atoms with Gasteiger partial charge in [0.1, 0.15) is 12.2 Å². The number of hydrogen-bond donors (Lipinski definition) is 3. The molecule has 1 fully saturated rings. The minimum absolute atomic E-state index is 0.0431. The number of ether oxygens (including phenoxy) is 1. The highest BCUT2D eigenvalue weighted by molar-refractivity contribution is 7.86. The first-order valence-corrected chi connectivity index (χ1v) is 10.1. The number of imidazole rings is 1. The number of nitrogens with zero attached hydrogens (tertiary/aromatic N) is 4. The highest BCUT2D eigenvalue weighted by Crippen LogP contribution is 2.35. The highest BCUT2D eigenvalue weighted by Gasteiger charge is 2.47. The molecular formula is C16H13F4N5O6S. The van der Waals surface area contributed by atoms with E-state index >= 15 is 0 Å². The molecule has 4 N–H and O–H groups in total. The van der Waals surface area contributed by atoms with Gasteiger partial charge in [-0.05, 0) is 24.3 Å². The van der Waals surface area contributed by atoms with Crippen molar-refractivity contribution in [3.63, 3.8) is 0 Å². The fraction of sp³-hybridized carbons (Fsp3) is 0.312. The fourth-order valence-corrected chi connectivity index (χ4v) is 4.02. The molecule has 1 aliphatic rings. The first-order valence-electron chi connectivity index (χ1n) is 8.66. The first kappa shape index (κ1) is 22.3. The van der Waals surface area contributed by atoms with Crippen molar-refractivity contribution in [2.75, 3.05) is 5.73 Å². The molecule has 0 unspecified atom stereocenters. The zero-order chi connectivity index (χ0) is 23.4. The van der Waals surface area contributed by atoms with Gasteiger partial charge in [0.05, 0.1) is 16.8 Å². The average Bonchev–Trinajstić information content (AvgIpc) is 3.23. The van der Waals surface area contributed by atoms with Crippen molar-refractivity contribution in [2.45, 2.75) is 35.8 Å². The summed E-state index contributed by atoms with van der Waals surface area (Å²) >= 11 is 0. The van der Waals surface area contributed by atoms with Crippen LogP contribution in [-0.2, 0) is 25.2 Å². The molecule has 0 saturated carbocycles. The van der Waals surface area contributed by atoms with Crippen molar-refractivity contribution in [3.05, 3.63) is 42.2 Å². The molecule has 0 spiro atoms. The molecule has 1 aromatic carbocycles. The lowest BCUT2D eigenvalue weighted by atomic mass is 10.2. The van der Waals surface area contributed by atoms with Gasteiger partial charge in [-0.25, -0.2) is 9.17 Å². The summed E-state index contributed by atoms with van der Waals surface area (Å²) in [4.78, 5) is 10.0. The van der Waals surface area contributed by atoms with Gasteiger partial charge in [0, 0.05) is 0 Å². The topological polar surface area (TPSA) is 163 Å². The number of nitrogen functional groups attached to an aromatic ring is 1. The lowest BCUT2D eigenvalue weighted by Crippen LogP contribution is -2.34. The van der Waals surface area contributed by atoms with E-state index in [4.69, 9.17) is 14.7 Å². The van der Waals surface area contributed by atoms with Gasteiger partial charge in [0.25, 0.3) is 10.1 Å². The van der Waals surface area contributed by atoms with Crippen LogP contribution in [0.1, 0.15) is 11.8 Å². The average molecular weight is 479 g/mol. The number of hydrogen-bond acceptors (Lipinski definition) is 10. The van der Waals surface area contributed by atoms with Gasteiger partial charge in [0.15, 0.2) is 23.2 Å². The number of nitrogens with two attached hydrogens (primary N) is 1. The molecule has 0 aliphatic carbocycles. The number of anilines is 1. The molecule has 0 radical (unpaired) electrons. The van der Waals surface area contributed by atoms with Crippen molar-refractivity contribution >= 4 is 27.1 Å². The minimum Gasteiger partial charge on any atom is -0.385 e. The Balaban J connectivity index is 1.59. The second kappa shape index (κ2) is 7.59. The van der Waals surface area contributed by atoms with E-state index in [0.29, 0.717) is 24.3 Å². The van der Waals surface area contributed by atoms with Gasteiger partial charge < -0.3 is 20.7 Å². The van der Waals surface area contributed by atoms with Crippen LogP contribution in [0.25, 0.3) is 11.2 Å². The Morgan fingerprint density at radius 3 is 2.41 bits per heavy atom. The van der Waals surface area contributed by atoms with E-state index in [1.807, 2.05) is 0 Å². The molecule has 172 valence electrons. The standard InChI is InChI=1S/C16H13F4N5O6S/c17-15-23-11(21)8-12(24-15)25(5-22-8)13-9(26)10(27)14(30-13)31-32(28,29)7-3-1-6(2-4-7)16(18,19)20/h1-5,9-10,13-14,26-27H,(H2,21,23,24)/t9-,10+,13-,14-/m1/s1. The second-order valence-corrected chi connectivity index (χ2v) is 8.22. The molecule has 4 atom stereocenters. The minimum atomic E-state index is -4.70. The van der Waals surface area contributed by atoms with E-state index in [-0.39, 0.29) is 17.0 Å². The third kappa shape index (κ3) is 3.86. The normalized spacial score (nSPS) is 24.3. The molecule has 16 heteroatoms. The maximum Gasteiger partial charge on any atom is 0.416 e. The number of fused-ring (bicyclic) bond motifs is 1. The summed E-state index contributed by atoms with van der Waals surface area (Å²) in [6.07, 6.45) is -12.0. The van der Waals surface area contributed by atoms with Crippen LogP contribution >= 0.6 is 0 Å². The number of aliphatic hydroxyl groups excluding tert-OH is 2. The molecule has 3 heterocycles. The molecule has 11 nitrogen and oxygen atoms in total. The van der Waals surface area contributed by atoms with Crippen LogP contribution in [0.15, 0.2) is 35.5 Å². The SMILES string of the molecule is Nc1nc(F)nc2c1ncn2[C@@H]1O[C@H](OS(=O)(=O)c2ccc(C(F)(F)F)cc2)[C@@H](O)[C@H]1O. The van der Waals surface area contributed by atoms with Crippen LogP contribution in [-0.4, -0.2) is 56.6 Å². The molecule has 32 heavy (non-hydrogen) atoms. The summed E-state index contributed by atoms with van der Waals surface area (Å²) < 4.78 is 87.4. The Labute approximate surface area is 176 Å². The van der Waals surface area contributed by atoms with E-state index in [9.17, 15) is 36.2 Å². The van der Waals surface area contributed by atoms with Gasteiger partial charge in [-0.3, -0.25) is 4.57 Å². The molecule has 2 aromatic heterocycles. The predicted molar refractivity (Wildman–Crippen MR) is 95.3 cm³/mol. The maximum atomic E-state index is 13.5. The number of alkyl halides is 3. The Morgan fingerprint density at radius 2 is 1.78 bits per heavy atom. The quantitative estimate of drug-likeness (QED) is 0.274. The number of aliphatic hydroxyl groups is 2. The van der Waals surface area contributed by atoms with Crippen molar-refractivity contribution in [3.8, 4) is 0 Å². The van der Waals surface area contributed by atoms with Gasteiger partial charge in [0.2, 0.25) is 6.29 Å². The van der Waals surface area contributed by atoms with E-state index in [2.05, 4.69) is 15.0 Å². The molecule has 0 bridgehead atoms. The molecular weight excluding hydrogens is 466 g/mol. The van der Waals surface area contributed by atoms with Crippen molar-refractivity contribution < 1.29 is 45.1 Å². The second-order valence-electron chi connectivity index (χ2n) is 6.65. The highest BCUT2D eigenvalue weighted by atomic mass is 32.2. The van der Waals surface area contributed by atoms with E-state index < -0.39 is 57.6 Å². The fourth-order valence-electron chi connectivity index (χ4n) is 3.03. The monoisotopic (exact) mass is 479 g/mol. The number of aromatic nitrogens is 4. The molecule has 4 rings (SSSR count). The van der Waals surface area contributed by atoms with Crippen molar-refractivity contribution in [1.29, 1.82) is 0 Å². The van der Waals surface area contributed by atoms with E-state index in [1.165, 1.54) is 0 Å². The third-order valence-electron chi connectivity index (χ3n) is 4.58. The summed E-state index contributed by atoms with van der Waals surface area (Å²) in [6.45, 7) is 0. The number of benzene rings is 1. The summed E-state index contributed by atoms with van der Waals surface area (Å²) in [6, 6.07) is 2.41. The zero-order valence-corrected chi connectivity index (χ0v) is 16.3. The summed E-state index contributed by atoms with van der Waals surface area (Å²) in [7, 11) is -4.70. The molecule has 1 saturated heterocycles. The zero-order valence-electron chi connectivity index (χ0n) is 15.5. The lowest BCUT2D eigenvalue weighted by molar-refractivity contribution is -0.137. The Morgan fingerprint density at radius 1 is 1.12 bits per heavy atom. The van der Waals surface area contributed by atoms with Gasteiger partial charge >= 0.3 is 12.3 Å². The lowest BCUT2D eigenvalue weighted by Gasteiger charge is -2.16. The Kier molecular flexibility index (Phi) is 5.29. The van der Waals surface area contributed by atoms with Crippen LogP contribution in [0.5, 0.6) is 0 Å². The largest absolute Gasteiger partial charge is 0.416 e. The Bertz CT molecular complexity index is 1270. The molecule has 3 aromatic rings. The summed E-state index contributed by atoms with van der Waals surface area (Å²) in [5, 5.41) is 20.5. The van der Waals surface area contributed by atoms with E-state index in [1.54, 1.807) is 0 Å². The number of rotatable bonds is 4. The van der Waals surface area contributed by atoms with Crippen LogP contribution in [0.4, 0.5) is 23.4 Å². The predicted octanol–water partition coefficient (Wildman–Crippen LogP) is 0.549. The van der Waals surface area contributed by atoms with Crippen LogP contribution in [0.3, 0.4) is 0 Å². The van der Waals surface area contributed by atoms with Crippen LogP contribution < -0.4 is 5.73 Å². The first-order chi connectivity index (χ1) is 14.9. The van der Waals surface area contributed by atoms with Gasteiger partial charge in [-0.1, -0.05) is 0 Å². The summed E-state index contributed by atoms with van der Waals surface area (Å²) in [5.41, 5.74) is 4.22. The summed E-state index contributed by atoms with van der Waals surface area (Å²) in [5.74, 6) is -0.308. The maximum absolute atomic E-state index is 13.5. The van der Waals surface area contributed by atoms with E-state index in [0.717, 1.165) is 10.9 Å². The number of halogens is 4. The third-order valence-corrected chi connectivity index (χ3v) is 5.87. The van der Waals surface area contributed by atoms with Gasteiger partial charge in [-0.2, -0.15) is 35.9 Å².